The van der Waals surface area contributed by atoms with Crippen LogP contribution in [0.15, 0.2) is 18.2 Å². The standard InChI is InChI=1S/C11H8F3NO2/c12-11(13,14)10(17)15-7-3-1-2-6-4-5-8(16)9(6)7/h1-3H,4-5H2,(H,15,17). The third kappa shape index (κ3) is 2.15. The maximum atomic E-state index is 12.1. The fourth-order valence-electron chi connectivity index (χ4n) is 1.81. The third-order valence-electron chi connectivity index (χ3n) is 2.56. The predicted octanol–water partition coefficient (Wildman–Crippen LogP) is 2.32. The third-order valence-corrected chi connectivity index (χ3v) is 2.56. The number of aryl methyl sites for hydroxylation is 1. The molecule has 1 aliphatic rings. The summed E-state index contributed by atoms with van der Waals surface area (Å²) in [5, 5.41) is 1.73. The maximum Gasteiger partial charge on any atom is 0.471 e. The van der Waals surface area contributed by atoms with E-state index in [0.29, 0.717) is 12.0 Å². The van der Waals surface area contributed by atoms with Gasteiger partial charge in [0, 0.05) is 12.0 Å². The zero-order valence-electron chi connectivity index (χ0n) is 8.60. The van der Waals surface area contributed by atoms with Gasteiger partial charge in [0.25, 0.3) is 0 Å². The van der Waals surface area contributed by atoms with Crippen molar-refractivity contribution in [2.24, 2.45) is 0 Å². The van der Waals surface area contributed by atoms with E-state index in [9.17, 15) is 22.8 Å². The lowest BCUT2D eigenvalue weighted by Crippen LogP contribution is -2.30. The van der Waals surface area contributed by atoms with Gasteiger partial charge in [-0.15, -0.1) is 0 Å². The second-order valence-corrected chi connectivity index (χ2v) is 3.71. The molecule has 0 saturated heterocycles. The van der Waals surface area contributed by atoms with E-state index < -0.39 is 12.1 Å². The number of anilines is 1. The van der Waals surface area contributed by atoms with Crippen molar-refractivity contribution >= 4 is 17.4 Å². The summed E-state index contributed by atoms with van der Waals surface area (Å²) < 4.78 is 36.3. The van der Waals surface area contributed by atoms with Gasteiger partial charge in [0.05, 0.1) is 5.69 Å². The number of ketones is 1. The summed E-state index contributed by atoms with van der Waals surface area (Å²) in [6, 6.07) is 4.48. The topological polar surface area (TPSA) is 46.2 Å². The van der Waals surface area contributed by atoms with E-state index in [0.717, 1.165) is 0 Å². The first-order valence-electron chi connectivity index (χ1n) is 4.93. The van der Waals surface area contributed by atoms with Crippen molar-refractivity contribution in [2.45, 2.75) is 19.0 Å². The van der Waals surface area contributed by atoms with Gasteiger partial charge in [0.15, 0.2) is 5.78 Å². The number of amides is 1. The lowest BCUT2D eigenvalue weighted by molar-refractivity contribution is -0.167. The molecule has 0 atom stereocenters. The number of hydrogen-bond donors (Lipinski definition) is 1. The zero-order valence-corrected chi connectivity index (χ0v) is 8.60. The van der Waals surface area contributed by atoms with Crippen LogP contribution in [0.2, 0.25) is 0 Å². The summed E-state index contributed by atoms with van der Waals surface area (Å²) in [6.07, 6.45) is -4.18. The van der Waals surface area contributed by atoms with Crippen LogP contribution in [0.1, 0.15) is 22.3 Å². The Hall–Kier alpha value is -1.85. The molecule has 1 aromatic rings. The highest BCUT2D eigenvalue weighted by atomic mass is 19.4. The normalized spacial score (nSPS) is 14.6. The van der Waals surface area contributed by atoms with Crippen LogP contribution in [-0.4, -0.2) is 17.9 Å². The van der Waals surface area contributed by atoms with Gasteiger partial charge in [-0.05, 0) is 18.1 Å². The minimum atomic E-state index is -4.95. The van der Waals surface area contributed by atoms with Crippen LogP contribution in [0.5, 0.6) is 0 Å². The number of Topliss-reactive ketones (excluding diaryl/α,β-unsaturated/α-hetero) is 1. The molecule has 0 spiro atoms. The Kier molecular flexibility index (Phi) is 2.65. The van der Waals surface area contributed by atoms with Crippen molar-refractivity contribution in [3.63, 3.8) is 0 Å². The van der Waals surface area contributed by atoms with Crippen molar-refractivity contribution in [1.29, 1.82) is 0 Å². The molecule has 0 bridgehead atoms. The first-order valence-corrected chi connectivity index (χ1v) is 4.93. The number of rotatable bonds is 1. The molecule has 0 aliphatic heterocycles. The highest BCUT2D eigenvalue weighted by Crippen LogP contribution is 2.29. The van der Waals surface area contributed by atoms with Crippen LogP contribution >= 0.6 is 0 Å². The second-order valence-electron chi connectivity index (χ2n) is 3.71. The van der Waals surface area contributed by atoms with Gasteiger partial charge in [-0.25, -0.2) is 0 Å². The minimum Gasteiger partial charge on any atom is -0.318 e. The molecule has 0 radical (unpaired) electrons. The van der Waals surface area contributed by atoms with Crippen molar-refractivity contribution in [3.8, 4) is 0 Å². The molecule has 0 aromatic heterocycles. The van der Waals surface area contributed by atoms with Gasteiger partial charge >= 0.3 is 12.1 Å². The molecule has 1 aromatic carbocycles. The van der Waals surface area contributed by atoms with E-state index in [1.807, 2.05) is 0 Å². The molecule has 1 amide bonds. The molecule has 0 unspecified atom stereocenters. The molecule has 90 valence electrons. The highest BCUT2D eigenvalue weighted by Gasteiger charge is 2.39. The van der Waals surface area contributed by atoms with Gasteiger partial charge in [0.2, 0.25) is 0 Å². The van der Waals surface area contributed by atoms with Gasteiger partial charge in [0.1, 0.15) is 0 Å². The number of alkyl halides is 3. The Morgan fingerprint density at radius 1 is 1.24 bits per heavy atom. The molecule has 6 heteroatoms. The molecule has 0 heterocycles. The number of carbonyl (C=O) groups is 2. The Morgan fingerprint density at radius 2 is 1.94 bits per heavy atom. The average molecular weight is 243 g/mol. The quantitative estimate of drug-likeness (QED) is 0.822. The number of hydrogen-bond acceptors (Lipinski definition) is 2. The van der Waals surface area contributed by atoms with Gasteiger partial charge in [-0.3, -0.25) is 9.59 Å². The number of fused-ring (bicyclic) bond motifs is 1. The van der Waals surface area contributed by atoms with Crippen LogP contribution in [0.25, 0.3) is 0 Å². The van der Waals surface area contributed by atoms with Crippen LogP contribution in [0.4, 0.5) is 18.9 Å². The van der Waals surface area contributed by atoms with Gasteiger partial charge < -0.3 is 5.32 Å². The summed E-state index contributed by atoms with van der Waals surface area (Å²) >= 11 is 0. The lowest BCUT2D eigenvalue weighted by Gasteiger charge is -2.10. The van der Waals surface area contributed by atoms with E-state index in [4.69, 9.17) is 0 Å². The van der Waals surface area contributed by atoms with Crippen molar-refractivity contribution in [2.75, 3.05) is 5.32 Å². The number of carbonyl (C=O) groups excluding carboxylic acids is 2. The van der Waals surface area contributed by atoms with Gasteiger partial charge in [-0.1, -0.05) is 12.1 Å². The molecule has 0 saturated carbocycles. The van der Waals surface area contributed by atoms with Crippen molar-refractivity contribution in [3.05, 3.63) is 29.3 Å². The maximum absolute atomic E-state index is 12.1. The van der Waals surface area contributed by atoms with E-state index >= 15 is 0 Å². The summed E-state index contributed by atoms with van der Waals surface area (Å²) in [5.41, 5.74) is 0.812. The Bertz CT molecular complexity index is 494. The van der Waals surface area contributed by atoms with E-state index in [-0.39, 0.29) is 23.5 Å². The highest BCUT2D eigenvalue weighted by molar-refractivity contribution is 6.08. The molecule has 0 fully saturated rings. The van der Waals surface area contributed by atoms with Crippen LogP contribution in [0.3, 0.4) is 0 Å². The first kappa shape index (κ1) is 11.6. The van der Waals surface area contributed by atoms with Crippen LogP contribution in [0, 0.1) is 0 Å². The van der Waals surface area contributed by atoms with Crippen LogP contribution < -0.4 is 5.32 Å². The monoisotopic (exact) mass is 243 g/mol. The first-order chi connectivity index (χ1) is 7.89. The number of halogens is 3. The molecular weight excluding hydrogens is 235 g/mol. The predicted molar refractivity (Wildman–Crippen MR) is 53.8 cm³/mol. The number of nitrogens with one attached hydrogen (secondary N) is 1. The molecule has 3 nitrogen and oxygen atoms in total. The average Bonchev–Trinajstić information content (AvgIpc) is 2.60. The molecule has 17 heavy (non-hydrogen) atoms. The Labute approximate surface area is 94.6 Å². The lowest BCUT2D eigenvalue weighted by atomic mass is 10.1. The molecule has 2 rings (SSSR count). The summed E-state index contributed by atoms with van der Waals surface area (Å²) in [6.45, 7) is 0. The fourth-order valence-corrected chi connectivity index (χ4v) is 1.81. The smallest absolute Gasteiger partial charge is 0.318 e. The van der Waals surface area contributed by atoms with E-state index in [1.54, 1.807) is 11.4 Å². The SMILES string of the molecule is O=C1CCc2cccc(NC(=O)C(F)(F)F)c21. The van der Waals surface area contributed by atoms with Crippen molar-refractivity contribution in [1.82, 2.24) is 0 Å². The van der Waals surface area contributed by atoms with Gasteiger partial charge in [-0.2, -0.15) is 13.2 Å². The number of benzene rings is 1. The summed E-state index contributed by atoms with van der Waals surface area (Å²) in [7, 11) is 0. The summed E-state index contributed by atoms with van der Waals surface area (Å²) in [4.78, 5) is 22.3. The Balaban J connectivity index is 2.33. The Morgan fingerprint density at radius 3 is 2.59 bits per heavy atom. The molecule has 1 N–H and O–H groups in total. The summed E-state index contributed by atoms with van der Waals surface area (Å²) in [5.74, 6) is -2.30. The largest absolute Gasteiger partial charge is 0.471 e. The zero-order chi connectivity index (χ0) is 12.6. The minimum absolute atomic E-state index is 0.0627. The molecular formula is C11H8F3NO2. The molecule has 1 aliphatic carbocycles. The fraction of sp³-hybridized carbons (Fsp3) is 0.273. The second kappa shape index (κ2) is 3.87. The van der Waals surface area contributed by atoms with Crippen LogP contribution in [-0.2, 0) is 11.2 Å². The van der Waals surface area contributed by atoms with E-state index in [1.165, 1.54) is 12.1 Å². The van der Waals surface area contributed by atoms with Crippen molar-refractivity contribution < 1.29 is 22.8 Å². The van der Waals surface area contributed by atoms with E-state index in [2.05, 4.69) is 0 Å².